The van der Waals surface area contributed by atoms with Crippen LogP contribution in [-0.4, -0.2) is 53.0 Å². The normalized spacial score (nSPS) is 26.6. The van der Waals surface area contributed by atoms with Crippen LogP contribution in [0, 0.1) is 11.3 Å². The third-order valence-electron chi connectivity index (χ3n) is 5.87. The fraction of sp³-hybridized carbons (Fsp3) is 0.579. The lowest BCUT2D eigenvalue weighted by atomic mass is 9.81. The molecule has 1 saturated heterocycles. The summed E-state index contributed by atoms with van der Waals surface area (Å²) < 4.78 is 0. The van der Waals surface area contributed by atoms with Crippen LogP contribution < -0.4 is 0 Å². The molecule has 2 fully saturated rings. The number of carboxylic acid groups (broad SMARTS) is 1. The fourth-order valence-electron chi connectivity index (χ4n) is 4.38. The summed E-state index contributed by atoms with van der Waals surface area (Å²) in [6, 6.07) is 9.63. The zero-order chi connectivity index (χ0) is 17.3. The predicted octanol–water partition coefficient (Wildman–Crippen LogP) is 2.64. The first-order valence-electron chi connectivity index (χ1n) is 8.70. The van der Waals surface area contributed by atoms with E-state index in [9.17, 15) is 14.7 Å². The van der Waals surface area contributed by atoms with Crippen LogP contribution in [0.1, 0.15) is 31.7 Å². The second kappa shape index (κ2) is 7.75. The molecule has 0 aromatic heterocycles. The van der Waals surface area contributed by atoms with Crippen LogP contribution >= 0.6 is 12.4 Å². The summed E-state index contributed by atoms with van der Waals surface area (Å²) in [6.45, 7) is 3.70. The maximum atomic E-state index is 12.8. The summed E-state index contributed by atoms with van der Waals surface area (Å²) in [5, 5.41) is 9.69. The second-order valence-corrected chi connectivity index (χ2v) is 7.34. The van der Waals surface area contributed by atoms with Gasteiger partial charge in [-0.3, -0.25) is 14.5 Å². The Hall–Kier alpha value is -1.59. The standard InChI is InChI=1S/C19H26N2O3.ClH/c1-14(17(22)20(2)11-15-7-4-3-5-8-15)21-12-16-9-6-10-19(16,13-21)18(23)24;/h3-5,7-8,14,16H,6,9-13H2,1-2H3,(H,23,24);1H/t14?,16-,19+;/m0./s1. The Labute approximate surface area is 155 Å². The van der Waals surface area contributed by atoms with Crippen molar-refractivity contribution < 1.29 is 14.7 Å². The lowest BCUT2D eigenvalue weighted by Gasteiger charge is -2.29. The maximum absolute atomic E-state index is 12.8. The Balaban J connectivity index is 0.00000225. The zero-order valence-electron chi connectivity index (χ0n) is 14.9. The third-order valence-corrected chi connectivity index (χ3v) is 5.87. The van der Waals surface area contributed by atoms with Crippen molar-refractivity contribution in [3.8, 4) is 0 Å². The Morgan fingerprint density at radius 2 is 2.04 bits per heavy atom. The van der Waals surface area contributed by atoms with Crippen molar-refractivity contribution in [1.82, 2.24) is 9.80 Å². The van der Waals surface area contributed by atoms with E-state index in [1.54, 1.807) is 4.90 Å². The molecular weight excluding hydrogens is 340 g/mol. The van der Waals surface area contributed by atoms with Gasteiger partial charge in [-0.2, -0.15) is 0 Å². The van der Waals surface area contributed by atoms with Gasteiger partial charge in [0, 0.05) is 26.7 Å². The first-order chi connectivity index (χ1) is 11.4. The number of hydrogen-bond acceptors (Lipinski definition) is 3. The summed E-state index contributed by atoms with van der Waals surface area (Å²) in [5.74, 6) is -0.450. The lowest BCUT2D eigenvalue weighted by Crippen LogP contribution is -2.46. The Bertz CT molecular complexity index is 624. The molecule has 25 heavy (non-hydrogen) atoms. The van der Waals surface area contributed by atoms with Gasteiger partial charge in [0.25, 0.3) is 0 Å². The van der Waals surface area contributed by atoms with E-state index >= 15 is 0 Å². The lowest BCUT2D eigenvalue weighted by molar-refractivity contribution is -0.150. The minimum atomic E-state index is -0.690. The maximum Gasteiger partial charge on any atom is 0.311 e. The third kappa shape index (κ3) is 3.67. The largest absolute Gasteiger partial charge is 0.481 e. The number of carbonyl (C=O) groups is 2. The Morgan fingerprint density at radius 1 is 1.36 bits per heavy atom. The van der Waals surface area contributed by atoms with Crippen LogP contribution in [0.3, 0.4) is 0 Å². The summed E-state index contributed by atoms with van der Waals surface area (Å²) in [7, 11) is 1.82. The minimum absolute atomic E-state index is 0. The smallest absolute Gasteiger partial charge is 0.311 e. The fourth-order valence-corrected chi connectivity index (χ4v) is 4.38. The average Bonchev–Trinajstić information content (AvgIpc) is 3.12. The summed E-state index contributed by atoms with van der Waals surface area (Å²) >= 11 is 0. The van der Waals surface area contributed by atoms with Crippen LogP contribution in [0.15, 0.2) is 30.3 Å². The molecule has 1 heterocycles. The highest BCUT2D eigenvalue weighted by Crippen LogP contribution is 2.49. The van der Waals surface area contributed by atoms with Crippen molar-refractivity contribution in [2.75, 3.05) is 20.1 Å². The average molecular weight is 367 g/mol. The number of amides is 1. The quantitative estimate of drug-likeness (QED) is 0.870. The van der Waals surface area contributed by atoms with Gasteiger partial charge in [0.05, 0.1) is 11.5 Å². The molecule has 5 nitrogen and oxygen atoms in total. The molecule has 0 spiro atoms. The number of hydrogen-bond donors (Lipinski definition) is 1. The number of carboxylic acids is 1. The van der Waals surface area contributed by atoms with Crippen molar-refractivity contribution in [1.29, 1.82) is 0 Å². The zero-order valence-corrected chi connectivity index (χ0v) is 15.7. The van der Waals surface area contributed by atoms with Gasteiger partial charge in [-0.05, 0) is 31.2 Å². The van der Waals surface area contributed by atoms with Gasteiger partial charge in [0.15, 0.2) is 0 Å². The van der Waals surface area contributed by atoms with Gasteiger partial charge < -0.3 is 10.0 Å². The number of aliphatic carboxylic acids is 1. The van der Waals surface area contributed by atoms with Gasteiger partial charge in [0.1, 0.15) is 0 Å². The van der Waals surface area contributed by atoms with E-state index in [0.717, 1.165) is 31.4 Å². The number of benzene rings is 1. The molecule has 1 aliphatic heterocycles. The van der Waals surface area contributed by atoms with E-state index in [4.69, 9.17) is 0 Å². The molecule has 138 valence electrons. The van der Waals surface area contributed by atoms with Gasteiger partial charge in [0.2, 0.25) is 5.91 Å². The first-order valence-corrected chi connectivity index (χ1v) is 8.70. The van der Waals surface area contributed by atoms with E-state index < -0.39 is 11.4 Å². The molecule has 3 rings (SSSR count). The number of likely N-dealkylation sites (tertiary alicyclic amines) is 1. The molecule has 1 unspecified atom stereocenters. The van der Waals surface area contributed by atoms with Gasteiger partial charge in [-0.15, -0.1) is 12.4 Å². The number of likely N-dealkylation sites (N-methyl/N-ethyl adjacent to an activating group) is 1. The summed E-state index contributed by atoms with van der Waals surface area (Å²) in [6.07, 6.45) is 2.69. The van der Waals surface area contributed by atoms with Crippen LogP contribution in [0.2, 0.25) is 0 Å². The highest BCUT2D eigenvalue weighted by molar-refractivity contribution is 5.85. The number of carbonyl (C=O) groups excluding carboxylic acids is 1. The molecule has 6 heteroatoms. The second-order valence-electron chi connectivity index (χ2n) is 7.34. The van der Waals surface area contributed by atoms with Crippen LogP contribution in [0.4, 0.5) is 0 Å². The van der Waals surface area contributed by atoms with Gasteiger partial charge in [-0.25, -0.2) is 0 Å². The van der Waals surface area contributed by atoms with Crippen molar-refractivity contribution in [3.63, 3.8) is 0 Å². The van der Waals surface area contributed by atoms with Gasteiger partial charge >= 0.3 is 5.97 Å². The van der Waals surface area contributed by atoms with Crippen molar-refractivity contribution >= 4 is 24.3 Å². The van der Waals surface area contributed by atoms with Crippen LogP contribution in [-0.2, 0) is 16.1 Å². The monoisotopic (exact) mass is 366 g/mol. The number of halogens is 1. The topological polar surface area (TPSA) is 60.9 Å². The highest BCUT2D eigenvalue weighted by atomic mass is 35.5. The molecule has 3 atom stereocenters. The molecule has 1 amide bonds. The van der Waals surface area contributed by atoms with E-state index in [0.29, 0.717) is 13.1 Å². The summed E-state index contributed by atoms with van der Waals surface area (Å²) in [4.78, 5) is 28.4. The molecule has 1 aromatic carbocycles. The van der Waals surface area contributed by atoms with E-state index in [2.05, 4.69) is 4.90 Å². The van der Waals surface area contributed by atoms with Crippen molar-refractivity contribution in [2.45, 2.75) is 38.8 Å². The van der Waals surface area contributed by atoms with Crippen molar-refractivity contribution in [2.24, 2.45) is 11.3 Å². The van der Waals surface area contributed by atoms with Crippen LogP contribution in [0.25, 0.3) is 0 Å². The molecule has 1 saturated carbocycles. The van der Waals surface area contributed by atoms with Crippen LogP contribution in [0.5, 0.6) is 0 Å². The molecule has 1 aliphatic carbocycles. The minimum Gasteiger partial charge on any atom is -0.481 e. The molecule has 1 N–H and O–H groups in total. The molecule has 2 aliphatic rings. The van der Waals surface area contributed by atoms with Gasteiger partial charge in [-0.1, -0.05) is 36.8 Å². The van der Waals surface area contributed by atoms with E-state index in [1.165, 1.54) is 0 Å². The van der Waals surface area contributed by atoms with E-state index in [1.807, 2.05) is 44.3 Å². The molecular formula is C19H27ClN2O3. The molecule has 0 bridgehead atoms. The number of fused-ring (bicyclic) bond motifs is 1. The van der Waals surface area contributed by atoms with E-state index in [-0.39, 0.29) is 30.3 Å². The van der Waals surface area contributed by atoms with Crippen molar-refractivity contribution in [3.05, 3.63) is 35.9 Å². The summed E-state index contributed by atoms with van der Waals surface area (Å²) in [5.41, 5.74) is 0.466. The number of nitrogens with zero attached hydrogens (tertiary/aromatic N) is 2. The Morgan fingerprint density at radius 3 is 2.64 bits per heavy atom. The SMILES string of the molecule is CC(C(=O)N(C)Cc1ccccc1)N1C[C@@H]2CCC[C@@]2(C(=O)O)C1.Cl. The molecule has 1 aromatic rings. The number of rotatable bonds is 5. The predicted molar refractivity (Wildman–Crippen MR) is 98.6 cm³/mol. The Kier molecular flexibility index (Phi) is 6.12. The molecule has 0 radical (unpaired) electrons. The first kappa shape index (κ1) is 19.7. The highest BCUT2D eigenvalue weighted by Gasteiger charge is 2.55.